The van der Waals surface area contributed by atoms with Crippen LogP contribution in [0.4, 0.5) is 11.4 Å². The van der Waals surface area contributed by atoms with Gasteiger partial charge < -0.3 is 5.32 Å². The predicted molar refractivity (Wildman–Crippen MR) is 105 cm³/mol. The number of hydrogen-bond acceptors (Lipinski definition) is 7. The number of nitro benzene ring substituents is 1. The molecule has 10 heteroatoms. The first kappa shape index (κ1) is 19.7. The molecule has 1 fully saturated rings. The molecule has 1 N–H and O–H groups in total. The van der Waals surface area contributed by atoms with Crippen LogP contribution in [0.5, 0.6) is 0 Å². The zero-order valence-electron chi connectivity index (χ0n) is 15.1. The van der Waals surface area contributed by atoms with Gasteiger partial charge in [-0.15, -0.1) is 11.3 Å². The zero-order chi connectivity index (χ0) is 19.4. The Morgan fingerprint density at radius 3 is 2.56 bits per heavy atom. The Balaban J connectivity index is 1.85. The maximum Gasteiger partial charge on any atom is 0.293 e. The molecule has 0 amide bonds. The van der Waals surface area contributed by atoms with Crippen LogP contribution >= 0.6 is 11.3 Å². The van der Waals surface area contributed by atoms with Crippen LogP contribution in [0.25, 0.3) is 0 Å². The molecular formula is C17H22N4O4S2. The van der Waals surface area contributed by atoms with Crippen molar-refractivity contribution in [2.75, 3.05) is 18.4 Å². The fourth-order valence-electron chi connectivity index (χ4n) is 3.07. The quantitative estimate of drug-likeness (QED) is 0.577. The van der Waals surface area contributed by atoms with Gasteiger partial charge in [0.05, 0.1) is 21.4 Å². The summed E-state index contributed by atoms with van der Waals surface area (Å²) in [6.45, 7) is 3.20. The highest BCUT2D eigenvalue weighted by Crippen LogP contribution is 2.30. The standard InChI is InChI=1S/C17H22N4O4S2/c1-13-18-11-14(26-13)12-19-16-7-6-15(10-17(16)21(22)23)27(24,25)20-8-4-2-3-5-9-20/h6-7,10-11,19H,2-5,8-9,12H2,1H3. The Bertz CT molecular complexity index is 919. The fraction of sp³-hybridized carbons (Fsp3) is 0.471. The first-order valence-electron chi connectivity index (χ1n) is 8.82. The Morgan fingerprint density at radius 1 is 1.26 bits per heavy atom. The van der Waals surface area contributed by atoms with E-state index in [1.54, 1.807) is 6.20 Å². The number of aromatic nitrogens is 1. The lowest BCUT2D eigenvalue weighted by Gasteiger charge is -2.20. The number of rotatable bonds is 6. The second kappa shape index (κ2) is 8.32. The van der Waals surface area contributed by atoms with Crippen LogP contribution < -0.4 is 5.32 Å². The average Bonchev–Trinajstić information content (AvgIpc) is 2.88. The van der Waals surface area contributed by atoms with E-state index in [0.29, 0.717) is 25.3 Å². The van der Waals surface area contributed by atoms with Crippen molar-refractivity contribution in [2.45, 2.75) is 44.0 Å². The molecule has 27 heavy (non-hydrogen) atoms. The molecule has 2 aromatic rings. The third-order valence-corrected chi connectivity index (χ3v) is 7.30. The minimum atomic E-state index is -3.73. The number of benzene rings is 1. The molecule has 0 atom stereocenters. The number of nitro groups is 1. The lowest BCUT2D eigenvalue weighted by atomic mass is 10.2. The number of nitrogens with one attached hydrogen (secondary N) is 1. The molecule has 3 rings (SSSR count). The van der Waals surface area contributed by atoms with Gasteiger partial charge in [0.1, 0.15) is 5.69 Å². The van der Waals surface area contributed by atoms with Gasteiger partial charge in [0.15, 0.2) is 0 Å². The molecule has 1 saturated heterocycles. The number of hydrogen-bond donors (Lipinski definition) is 1. The van der Waals surface area contributed by atoms with Crippen LogP contribution in [-0.2, 0) is 16.6 Å². The van der Waals surface area contributed by atoms with Crippen molar-refractivity contribution in [2.24, 2.45) is 0 Å². The summed E-state index contributed by atoms with van der Waals surface area (Å²) in [6.07, 6.45) is 5.36. The Labute approximate surface area is 162 Å². The Hall–Kier alpha value is -2.04. The van der Waals surface area contributed by atoms with Crippen molar-refractivity contribution in [1.29, 1.82) is 0 Å². The molecule has 1 aliphatic rings. The minimum Gasteiger partial charge on any atom is -0.375 e. The smallest absolute Gasteiger partial charge is 0.293 e. The average molecular weight is 411 g/mol. The van der Waals surface area contributed by atoms with E-state index in [9.17, 15) is 18.5 Å². The highest BCUT2D eigenvalue weighted by Gasteiger charge is 2.28. The predicted octanol–water partition coefficient (Wildman–Crippen LogP) is 3.54. The van der Waals surface area contributed by atoms with Crippen LogP contribution in [0, 0.1) is 17.0 Å². The van der Waals surface area contributed by atoms with E-state index >= 15 is 0 Å². The van der Waals surface area contributed by atoms with Gasteiger partial charge in [-0.1, -0.05) is 12.8 Å². The van der Waals surface area contributed by atoms with Gasteiger partial charge in [0.25, 0.3) is 5.69 Å². The molecule has 0 saturated carbocycles. The van der Waals surface area contributed by atoms with Gasteiger partial charge in [-0.2, -0.15) is 4.31 Å². The normalized spacial score (nSPS) is 16.0. The van der Waals surface area contributed by atoms with Gasteiger partial charge in [-0.3, -0.25) is 10.1 Å². The number of thiazole rings is 1. The van der Waals surface area contributed by atoms with Crippen LogP contribution in [0.2, 0.25) is 0 Å². The van der Waals surface area contributed by atoms with E-state index in [-0.39, 0.29) is 10.6 Å². The van der Waals surface area contributed by atoms with E-state index in [0.717, 1.165) is 41.6 Å². The summed E-state index contributed by atoms with van der Waals surface area (Å²) in [5, 5.41) is 15.4. The zero-order valence-corrected chi connectivity index (χ0v) is 16.7. The van der Waals surface area contributed by atoms with Crippen molar-refractivity contribution in [3.05, 3.63) is 44.4 Å². The molecule has 8 nitrogen and oxygen atoms in total. The maximum atomic E-state index is 12.9. The van der Waals surface area contributed by atoms with Crippen molar-refractivity contribution in [3.63, 3.8) is 0 Å². The van der Waals surface area contributed by atoms with Crippen LogP contribution in [0.1, 0.15) is 35.6 Å². The lowest BCUT2D eigenvalue weighted by molar-refractivity contribution is -0.384. The molecular weight excluding hydrogens is 388 g/mol. The van der Waals surface area contributed by atoms with Gasteiger partial charge in [0.2, 0.25) is 10.0 Å². The van der Waals surface area contributed by atoms with E-state index in [1.807, 2.05) is 6.92 Å². The van der Waals surface area contributed by atoms with Crippen molar-refractivity contribution < 1.29 is 13.3 Å². The van der Waals surface area contributed by atoms with E-state index < -0.39 is 14.9 Å². The fourth-order valence-corrected chi connectivity index (χ4v) is 5.35. The second-order valence-corrected chi connectivity index (χ2v) is 9.71. The molecule has 0 radical (unpaired) electrons. The highest BCUT2D eigenvalue weighted by molar-refractivity contribution is 7.89. The molecule has 1 aromatic heterocycles. The molecule has 1 aliphatic heterocycles. The molecule has 0 unspecified atom stereocenters. The number of nitrogens with zero attached hydrogens (tertiary/aromatic N) is 3. The lowest BCUT2D eigenvalue weighted by Crippen LogP contribution is -2.32. The van der Waals surface area contributed by atoms with Crippen molar-refractivity contribution in [1.82, 2.24) is 9.29 Å². The monoisotopic (exact) mass is 410 g/mol. The van der Waals surface area contributed by atoms with Gasteiger partial charge in [-0.25, -0.2) is 13.4 Å². The third kappa shape index (κ3) is 4.63. The second-order valence-electron chi connectivity index (χ2n) is 6.45. The van der Waals surface area contributed by atoms with E-state index in [2.05, 4.69) is 10.3 Å². The first-order valence-corrected chi connectivity index (χ1v) is 11.1. The Kier molecular flexibility index (Phi) is 6.08. The number of sulfonamides is 1. The summed E-state index contributed by atoms with van der Waals surface area (Å²) in [6, 6.07) is 4.06. The molecule has 0 bridgehead atoms. The molecule has 1 aromatic carbocycles. The van der Waals surface area contributed by atoms with E-state index in [1.165, 1.54) is 27.8 Å². The minimum absolute atomic E-state index is 0.0321. The van der Waals surface area contributed by atoms with Crippen molar-refractivity contribution in [3.8, 4) is 0 Å². The van der Waals surface area contributed by atoms with Crippen LogP contribution in [-0.4, -0.2) is 35.7 Å². The molecule has 0 spiro atoms. The van der Waals surface area contributed by atoms with Gasteiger partial charge >= 0.3 is 0 Å². The molecule has 0 aliphatic carbocycles. The van der Waals surface area contributed by atoms with Crippen LogP contribution in [0.3, 0.4) is 0 Å². The van der Waals surface area contributed by atoms with Crippen molar-refractivity contribution >= 4 is 32.7 Å². The SMILES string of the molecule is Cc1ncc(CNc2ccc(S(=O)(=O)N3CCCCCC3)cc2[N+](=O)[O-])s1. The molecule has 146 valence electrons. The summed E-state index contributed by atoms with van der Waals surface area (Å²) < 4.78 is 27.2. The molecule has 2 heterocycles. The first-order chi connectivity index (χ1) is 12.9. The number of aryl methyl sites for hydroxylation is 1. The van der Waals surface area contributed by atoms with Gasteiger partial charge in [0, 0.05) is 30.2 Å². The van der Waals surface area contributed by atoms with Crippen LogP contribution in [0.15, 0.2) is 29.3 Å². The summed E-state index contributed by atoms with van der Waals surface area (Å²) in [5.41, 5.74) is 0.0491. The van der Waals surface area contributed by atoms with Gasteiger partial charge in [-0.05, 0) is 31.9 Å². The highest BCUT2D eigenvalue weighted by atomic mass is 32.2. The third-order valence-electron chi connectivity index (χ3n) is 4.49. The van der Waals surface area contributed by atoms with E-state index in [4.69, 9.17) is 0 Å². The number of anilines is 1. The summed E-state index contributed by atoms with van der Waals surface area (Å²) in [7, 11) is -3.73. The summed E-state index contributed by atoms with van der Waals surface area (Å²) in [5.74, 6) is 0. The summed E-state index contributed by atoms with van der Waals surface area (Å²) in [4.78, 5) is 16.0. The topological polar surface area (TPSA) is 105 Å². The Morgan fingerprint density at radius 2 is 1.96 bits per heavy atom. The maximum absolute atomic E-state index is 12.9. The largest absolute Gasteiger partial charge is 0.375 e. The summed E-state index contributed by atoms with van der Waals surface area (Å²) >= 11 is 1.50.